The normalized spacial score (nSPS) is 13.9. The molecule has 0 aliphatic heterocycles. The Morgan fingerprint density at radius 1 is 1.47 bits per heavy atom. The van der Waals surface area contributed by atoms with Gasteiger partial charge in [-0.25, -0.2) is 4.98 Å². The summed E-state index contributed by atoms with van der Waals surface area (Å²) in [6.45, 7) is 10.1. The van der Waals surface area contributed by atoms with Crippen molar-refractivity contribution in [2.75, 3.05) is 12.3 Å². The molecule has 0 amide bonds. The summed E-state index contributed by atoms with van der Waals surface area (Å²) in [4.78, 5) is 4.38. The molecule has 0 aromatic carbocycles. The van der Waals surface area contributed by atoms with Gasteiger partial charge in [-0.2, -0.15) is 11.8 Å². The van der Waals surface area contributed by atoms with Gasteiger partial charge in [-0.1, -0.05) is 27.7 Å². The summed E-state index contributed by atoms with van der Waals surface area (Å²) in [6.07, 6.45) is 4.14. The standard InChI is InChI=1S/C13H24N2S2/c1-5-6-14-11(10-17-13(2,3)4)9-12-15-7-8-16-12/h7-8,11,14H,5-6,9-10H2,1-4H3. The van der Waals surface area contributed by atoms with E-state index in [1.165, 1.54) is 11.4 Å². The number of nitrogens with zero attached hydrogens (tertiary/aromatic N) is 1. The highest BCUT2D eigenvalue weighted by atomic mass is 32.2. The van der Waals surface area contributed by atoms with Crippen LogP contribution in [0.25, 0.3) is 0 Å². The molecular formula is C13H24N2S2. The topological polar surface area (TPSA) is 24.9 Å². The zero-order chi connectivity index (χ0) is 12.7. The molecular weight excluding hydrogens is 248 g/mol. The molecule has 1 rings (SSSR count). The van der Waals surface area contributed by atoms with Crippen LogP contribution >= 0.6 is 23.1 Å². The summed E-state index contributed by atoms with van der Waals surface area (Å²) in [5.74, 6) is 1.16. The highest BCUT2D eigenvalue weighted by molar-refractivity contribution is 8.00. The van der Waals surface area contributed by atoms with Gasteiger partial charge in [0.2, 0.25) is 0 Å². The molecule has 1 atom stereocenters. The Kier molecular flexibility index (Phi) is 6.52. The second-order valence-corrected chi connectivity index (χ2v) is 8.03. The van der Waals surface area contributed by atoms with Crippen molar-refractivity contribution >= 4 is 23.1 Å². The lowest BCUT2D eigenvalue weighted by atomic mass is 10.2. The lowest BCUT2D eigenvalue weighted by Gasteiger charge is -2.23. The van der Waals surface area contributed by atoms with Gasteiger partial charge in [-0.05, 0) is 13.0 Å². The quantitative estimate of drug-likeness (QED) is 0.821. The summed E-state index contributed by atoms with van der Waals surface area (Å²) in [7, 11) is 0. The Morgan fingerprint density at radius 2 is 2.24 bits per heavy atom. The first-order chi connectivity index (χ1) is 8.01. The lowest BCUT2D eigenvalue weighted by molar-refractivity contribution is 0.547. The van der Waals surface area contributed by atoms with E-state index in [1.807, 2.05) is 18.0 Å². The van der Waals surface area contributed by atoms with Crippen molar-refractivity contribution in [2.24, 2.45) is 0 Å². The minimum Gasteiger partial charge on any atom is -0.313 e. The molecule has 98 valence electrons. The molecule has 0 fully saturated rings. The Hall–Kier alpha value is -0.0600. The first-order valence-electron chi connectivity index (χ1n) is 6.27. The molecule has 1 unspecified atom stereocenters. The van der Waals surface area contributed by atoms with Crippen LogP contribution in [0.1, 0.15) is 39.1 Å². The molecule has 1 aromatic rings. The van der Waals surface area contributed by atoms with Crippen LogP contribution in [-0.2, 0) is 6.42 Å². The molecule has 0 radical (unpaired) electrons. The van der Waals surface area contributed by atoms with Gasteiger partial charge >= 0.3 is 0 Å². The van der Waals surface area contributed by atoms with Crippen molar-refractivity contribution in [3.63, 3.8) is 0 Å². The molecule has 0 saturated carbocycles. The summed E-state index contributed by atoms with van der Waals surface area (Å²) in [6, 6.07) is 0.547. The number of hydrogen-bond acceptors (Lipinski definition) is 4. The molecule has 17 heavy (non-hydrogen) atoms. The Balaban J connectivity index is 2.42. The van der Waals surface area contributed by atoms with Gasteiger partial charge in [0.1, 0.15) is 0 Å². The predicted molar refractivity (Wildman–Crippen MR) is 80.1 cm³/mol. The van der Waals surface area contributed by atoms with Gasteiger partial charge in [0.15, 0.2) is 0 Å². The minimum atomic E-state index is 0.342. The molecule has 0 aliphatic rings. The van der Waals surface area contributed by atoms with Gasteiger partial charge in [-0.3, -0.25) is 0 Å². The third-order valence-electron chi connectivity index (χ3n) is 2.31. The number of hydrogen-bond donors (Lipinski definition) is 1. The van der Waals surface area contributed by atoms with Crippen LogP contribution in [-0.4, -0.2) is 28.1 Å². The van der Waals surface area contributed by atoms with E-state index >= 15 is 0 Å². The monoisotopic (exact) mass is 272 g/mol. The number of aromatic nitrogens is 1. The number of thioether (sulfide) groups is 1. The second-order valence-electron chi connectivity index (χ2n) is 5.20. The first kappa shape index (κ1) is 15.0. The van der Waals surface area contributed by atoms with Gasteiger partial charge in [0, 0.05) is 34.5 Å². The summed E-state index contributed by atoms with van der Waals surface area (Å²) in [5, 5.41) is 6.93. The Bertz CT molecular complexity index is 291. The smallest absolute Gasteiger partial charge is 0.0940 e. The zero-order valence-corrected chi connectivity index (χ0v) is 13.0. The third-order valence-corrected chi connectivity index (χ3v) is 4.54. The van der Waals surface area contributed by atoms with Crippen molar-refractivity contribution in [2.45, 2.75) is 51.3 Å². The molecule has 1 aromatic heterocycles. The second kappa shape index (κ2) is 7.39. The van der Waals surface area contributed by atoms with Crippen molar-refractivity contribution in [1.29, 1.82) is 0 Å². The van der Waals surface area contributed by atoms with E-state index in [-0.39, 0.29) is 0 Å². The summed E-state index contributed by atoms with van der Waals surface area (Å²) < 4.78 is 0.342. The first-order valence-corrected chi connectivity index (χ1v) is 8.13. The molecule has 4 heteroatoms. The van der Waals surface area contributed by atoms with Crippen molar-refractivity contribution in [1.82, 2.24) is 10.3 Å². The zero-order valence-electron chi connectivity index (χ0n) is 11.3. The van der Waals surface area contributed by atoms with Crippen LogP contribution in [0.2, 0.25) is 0 Å². The van der Waals surface area contributed by atoms with Crippen molar-refractivity contribution in [3.05, 3.63) is 16.6 Å². The molecule has 0 saturated heterocycles. The Labute approximate surface area is 114 Å². The average Bonchev–Trinajstić information content (AvgIpc) is 2.73. The molecule has 0 bridgehead atoms. The van der Waals surface area contributed by atoms with Gasteiger partial charge in [0.05, 0.1) is 5.01 Å². The number of nitrogens with one attached hydrogen (secondary N) is 1. The maximum Gasteiger partial charge on any atom is 0.0940 e. The highest BCUT2D eigenvalue weighted by Gasteiger charge is 2.16. The van der Waals surface area contributed by atoms with Crippen LogP contribution in [0.3, 0.4) is 0 Å². The SMILES string of the molecule is CCCNC(CSC(C)(C)C)Cc1nccs1. The van der Waals surface area contributed by atoms with Crippen LogP contribution in [0.15, 0.2) is 11.6 Å². The largest absolute Gasteiger partial charge is 0.313 e. The average molecular weight is 272 g/mol. The highest BCUT2D eigenvalue weighted by Crippen LogP contribution is 2.24. The van der Waals surface area contributed by atoms with E-state index < -0.39 is 0 Å². The fourth-order valence-electron chi connectivity index (χ4n) is 1.45. The van der Waals surface area contributed by atoms with Crippen molar-refractivity contribution in [3.8, 4) is 0 Å². The summed E-state index contributed by atoms with van der Waals surface area (Å²) in [5.41, 5.74) is 0. The Morgan fingerprint density at radius 3 is 2.76 bits per heavy atom. The molecule has 2 nitrogen and oxygen atoms in total. The van der Waals surface area contributed by atoms with E-state index in [0.717, 1.165) is 18.7 Å². The summed E-state index contributed by atoms with van der Waals surface area (Å²) >= 11 is 3.79. The number of rotatable bonds is 7. The van der Waals surface area contributed by atoms with E-state index in [0.29, 0.717) is 10.8 Å². The van der Waals surface area contributed by atoms with Gasteiger partial charge in [-0.15, -0.1) is 11.3 Å². The maximum absolute atomic E-state index is 4.38. The molecule has 1 heterocycles. The minimum absolute atomic E-state index is 0.342. The molecule has 0 spiro atoms. The van der Waals surface area contributed by atoms with Crippen LogP contribution in [0.4, 0.5) is 0 Å². The van der Waals surface area contributed by atoms with Crippen molar-refractivity contribution < 1.29 is 0 Å². The fraction of sp³-hybridized carbons (Fsp3) is 0.769. The van der Waals surface area contributed by atoms with E-state index in [9.17, 15) is 0 Å². The predicted octanol–water partition coefficient (Wildman–Crippen LogP) is 3.59. The fourth-order valence-corrected chi connectivity index (χ4v) is 3.09. The van der Waals surface area contributed by atoms with E-state index in [4.69, 9.17) is 0 Å². The lowest BCUT2D eigenvalue weighted by Crippen LogP contribution is -2.35. The number of thiazole rings is 1. The van der Waals surface area contributed by atoms with E-state index in [2.05, 4.69) is 43.4 Å². The maximum atomic E-state index is 4.38. The van der Waals surface area contributed by atoms with Gasteiger partial charge in [0.25, 0.3) is 0 Å². The molecule has 0 aliphatic carbocycles. The van der Waals surface area contributed by atoms with E-state index in [1.54, 1.807) is 11.3 Å². The van der Waals surface area contributed by atoms with Gasteiger partial charge < -0.3 is 5.32 Å². The van der Waals surface area contributed by atoms with Crippen LogP contribution in [0, 0.1) is 0 Å². The third kappa shape index (κ3) is 7.06. The molecule has 1 N–H and O–H groups in total. The van der Waals surface area contributed by atoms with Crippen LogP contribution < -0.4 is 5.32 Å². The van der Waals surface area contributed by atoms with Crippen LogP contribution in [0.5, 0.6) is 0 Å².